The molecule has 1 aromatic rings. The van der Waals surface area contributed by atoms with Crippen molar-refractivity contribution in [3.05, 3.63) is 29.8 Å². The topological polar surface area (TPSA) is 79.0 Å². The molecule has 0 saturated carbocycles. The molecule has 26 heavy (non-hydrogen) atoms. The molecule has 144 valence electrons. The van der Waals surface area contributed by atoms with Crippen LogP contribution in [0.1, 0.15) is 40.2 Å². The molecule has 0 aromatic heterocycles. The monoisotopic (exact) mass is 363 g/mol. The first kappa shape index (κ1) is 21.5. The average Bonchev–Trinajstić information content (AvgIpc) is 2.50. The van der Waals surface area contributed by atoms with Crippen molar-refractivity contribution in [2.45, 2.75) is 46.8 Å². The predicted molar refractivity (Wildman–Crippen MR) is 101 cm³/mol. The molecule has 7 heteroatoms. The van der Waals surface area contributed by atoms with Gasteiger partial charge in [-0.25, -0.2) is 4.79 Å². The molecule has 0 radical (unpaired) electrons. The standard InChI is InChI=1S/C19H29N3O4/c1-7-22(14(2)23)12-15-9-8-10-16(11-15)20-17(24)13-21(6)18(25)26-19(3,4)5/h8-11H,7,12-13H2,1-6H3,(H,20,24). The second-order valence-corrected chi connectivity index (χ2v) is 7.12. The van der Waals surface area contributed by atoms with Crippen molar-refractivity contribution in [2.24, 2.45) is 0 Å². The molecule has 0 unspecified atom stereocenters. The number of rotatable bonds is 6. The molecule has 7 nitrogen and oxygen atoms in total. The summed E-state index contributed by atoms with van der Waals surface area (Å²) < 4.78 is 5.22. The van der Waals surface area contributed by atoms with E-state index in [1.807, 2.05) is 25.1 Å². The fourth-order valence-electron chi connectivity index (χ4n) is 2.23. The highest BCUT2D eigenvalue weighted by atomic mass is 16.6. The van der Waals surface area contributed by atoms with E-state index >= 15 is 0 Å². The highest BCUT2D eigenvalue weighted by Gasteiger charge is 2.21. The molecule has 0 heterocycles. The number of ether oxygens (including phenoxy) is 1. The zero-order valence-corrected chi connectivity index (χ0v) is 16.5. The van der Waals surface area contributed by atoms with E-state index in [1.165, 1.54) is 18.9 Å². The fraction of sp³-hybridized carbons (Fsp3) is 0.526. The van der Waals surface area contributed by atoms with E-state index in [1.54, 1.807) is 31.7 Å². The lowest BCUT2D eigenvalue weighted by Crippen LogP contribution is -2.38. The summed E-state index contributed by atoms with van der Waals surface area (Å²) in [4.78, 5) is 38.5. The highest BCUT2D eigenvalue weighted by Crippen LogP contribution is 2.13. The summed E-state index contributed by atoms with van der Waals surface area (Å²) in [6.45, 7) is 9.73. The van der Waals surface area contributed by atoms with Gasteiger partial charge in [0.15, 0.2) is 0 Å². The van der Waals surface area contributed by atoms with Crippen LogP contribution in [0.25, 0.3) is 0 Å². The number of benzene rings is 1. The van der Waals surface area contributed by atoms with Crippen LogP contribution < -0.4 is 5.32 Å². The predicted octanol–water partition coefficient (Wildman–Crippen LogP) is 2.86. The third kappa shape index (κ3) is 7.55. The number of nitrogens with one attached hydrogen (secondary N) is 1. The molecule has 0 saturated heterocycles. The van der Waals surface area contributed by atoms with Gasteiger partial charge in [0, 0.05) is 32.7 Å². The third-order valence-electron chi connectivity index (χ3n) is 3.50. The Hall–Kier alpha value is -2.57. The van der Waals surface area contributed by atoms with Crippen LogP contribution in [0.3, 0.4) is 0 Å². The van der Waals surface area contributed by atoms with Crippen LogP contribution in [0.2, 0.25) is 0 Å². The Bertz CT molecular complexity index is 652. The summed E-state index contributed by atoms with van der Waals surface area (Å²) in [5, 5.41) is 2.76. The maximum absolute atomic E-state index is 12.2. The van der Waals surface area contributed by atoms with Gasteiger partial charge < -0.3 is 19.9 Å². The number of amides is 3. The lowest BCUT2D eigenvalue weighted by Gasteiger charge is -2.24. The SMILES string of the molecule is CCN(Cc1cccc(NC(=O)CN(C)C(=O)OC(C)(C)C)c1)C(C)=O. The number of nitrogens with zero attached hydrogens (tertiary/aromatic N) is 2. The molecule has 1 N–H and O–H groups in total. The van der Waals surface area contributed by atoms with Gasteiger partial charge in [-0.05, 0) is 45.4 Å². The van der Waals surface area contributed by atoms with Crippen molar-refractivity contribution in [2.75, 3.05) is 25.5 Å². The van der Waals surface area contributed by atoms with Gasteiger partial charge in [0.05, 0.1) is 0 Å². The summed E-state index contributed by atoms with van der Waals surface area (Å²) >= 11 is 0. The lowest BCUT2D eigenvalue weighted by atomic mass is 10.2. The van der Waals surface area contributed by atoms with Crippen LogP contribution in [0, 0.1) is 0 Å². The molecule has 1 rings (SSSR count). The first-order valence-corrected chi connectivity index (χ1v) is 8.60. The van der Waals surface area contributed by atoms with Gasteiger partial charge in [-0.15, -0.1) is 0 Å². The first-order chi connectivity index (χ1) is 12.0. The van der Waals surface area contributed by atoms with Gasteiger partial charge in [-0.1, -0.05) is 12.1 Å². The zero-order valence-electron chi connectivity index (χ0n) is 16.5. The molecule has 0 atom stereocenters. The number of carbonyl (C=O) groups excluding carboxylic acids is 3. The Balaban J connectivity index is 2.65. The Labute approximate surface area is 155 Å². The van der Waals surface area contributed by atoms with E-state index < -0.39 is 11.7 Å². The van der Waals surface area contributed by atoms with Crippen molar-refractivity contribution in [3.63, 3.8) is 0 Å². The van der Waals surface area contributed by atoms with Crippen molar-refractivity contribution in [1.29, 1.82) is 0 Å². The maximum atomic E-state index is 12.2. The first-order valence-electron chi connectivity index (χ1n) is 8.60. The van der Waals surface area contributed by atoms with E-state index in [-0.39, 0.29) is 18.4 Å². The minimum atomic E-state index is -0.613. The highest BCUT2D eigenvalue weighted by molar-refractivity contribution is 5.93. The fourth-order valence-corrected chi connectivity index (χ4v) is 2.23. The van der Waals surface area contributed by atoms with Crippen molar-refractivity contribution in [3.8, 4) is 0 Å². The minimum absolute atomic E-state index is 0.000856. The molecule has 3 amide bonds. The van der Waals surface area contributed by atoms with Crippen LogP contribution in [-0.2, 0) is 20.9 Å². The van der Waals surface area contributed by atoms with E-state index in [0.29, 0.717) is 18.8 Å². The molecule has 0 aliphatic heterocycles. The third-order valence-corrected chi connectivity index (χ3v) is 3.50. The van der Waals surface area contributed by atoms with Gasteiger partial charge in [0.25, 0.3) is 0 Å². The van der Waals surface area contributed by atoms with Crippen molar-refractivity contribution >= 4 is 23.6 Å². The molecular weight excluding hydrogens is 334 g/mol. The minimum Gasteiger partial charge on any atom is -0.444 e. The summed E-state index contributed by atoms with van der Waals surface area (Å²) in [6.07, 6.45) is -0.554. The van der Waals surface area contributed by atoms with Gasteiger partial charge in [0.1, 0.15) is 12.1 Å². The normalized spacial score (nSPS) is 10.8. The van der Waals surface area contributed by atoms with Crippen LogP contribution in [0.4, 0.5) is 10.5 Å². The van der Waals surface area contributed by atoms with E-state index in [4.69, 9.17) is 4.74 Å². The smallest absolute Gasteiger partial charge is 0.410 e. The molecule has 0 aliphatic carbocycles. The number of hydrogen-bond donors (Lipinski definition) is 1. The van der Waals surface area contributed by atoms with Gasteiger partial charge in [-0.3, -0.25) is 9.59 Å². The van der Waals surface area contributed by atoms with Crippen molar-refractivity contribution in [1.82, 2.24) is 9.80 Å². The Morgan fingerprint density at radius 2 is 1.85 bits per heavy atom. The lowest BCUT2D eigenvalue weighted by molar-refractivity contribution is -0.129. The van der Waals surface area contributed by atoms with Crippen LogP contribution >= 0.6 is 0 Å². The van der Waals surface area contributed by atoms with Crippen LogP contribution in [0.15, 0.2) is 24.3 Å². The molecule has 0 fully saturated rings. The van der Waals surface area contributed by atoms with E-state index in [9.17, 15) is 14.4 Å². The number of hydrogen-bond acceptors (Lipinski definition) is 4. The zero-order chi connectivity index (χ0) is 19.9. The quantitative estimate of drug-likeness (QED) is 0.843. The Kier molecular flexibility index (Phi) is 7.61. The molecular formula is C19H29N3O4. The second kappa shape index (κ2) is 9.22. The van der Waals surface area contributed by atoms with E-state index in [0.717, 1.165) is 5.56 Å². The average molecular weight is 363 g/mol. The van der Waals surface area contributed by atoms with Gasteiger partial charge >= 0.3 is 6.09 Å². The molecule has 1 aromatic carbocycles. The van der Waals surface area contributed by atoms with E-state index in [2.05, 4.69) is 5.32 Å². The molecule has 0 bridgehead atoms. The molecule has 0 spiro atoms. The second-order valence-electron chi connectivity index (χ2n) is 7.12. The number of anilines is 1. The Morgan fingerprint density at radius 3 is 2.38 bits per heavy atom. The maximum Gasteiger partial charge on any atom is 0.410 e. The van der Waals surface area contributed by atoms with Crippen LogP contribution in [-0.4, -0.2) is 53.4 Å². The summed E-state index contributed by atoms with van der Waals surface area (Å²) in [5.41, 5.74) is 0.919. The van der Waals surface area contributed by atoms with Gasteiger partial charge in [-0.2, -0.15) is 0 Å². The summed E-state index contributed by atoms with van der Waals surface area (Å²) in [7, 11) is 1.51. The summed E-state index contributed by atoms with van der Waals surface area (Å²) in [5.74, 6) is -0.324. The number of likely N-dealkylation sites (N-methyl/N-ethyl adjacent to an activating group) is 1. The van der Waals surface area contributed by atoms with Gasteiger partial charge in [0.2, 0.25) is 11.8 Å². The van der Waals surface area contributed by atoms with Crippen molar-refractivity contribution < 1.29 is 19.1 Å². The number of carbonyl (C=O) groups is 3. The molecule has 0 aliphatic rings. The van der Waals surface area contributed by atoms with Crippen LogP contribution in [0.5, 0.6) is 0 Å². The summed E-state index contributed by atoms with van der Waals surface area (Å²) in [6, 6.07) is 7.29. The Morgan fingerprint density at radius 1 is 1.19 bits per heavy atom. The largest absolute Gasteiger partial charge is 0.444 e.